The molecule has 1 N–H and O–H groups in total. The van der Waals surface area contributed by atoms with Crippen molar-refractivity contribution in [2.24, 2.45) is 0 Å². The van der Waals surface area contributed by atoms with Crippen molar-refractivity contribution >= 4 is 11.6 Å². The summed E-state index contributed by atoms with van der Waals surface area (Å²) in [4.78, 5) is 13.6. The van der Waals surface area contributed by atoms with E-state index in [-0.39, 0.29) is 35.9 Å². The summed E-state index contributed by atoms with van der Waals surface area (Å²) >= 11 is 0. The number of rotatable bonds is 6. The number of nitrogens with zero attached hydrogens (tertiary/aromatic N) is 2. The van der Waals surface area contributed by atoms with E-state index in [1.165, 1.54) is 6.20 Å². The van der Waals surface area contributed by atoms with E-state index >= 15 is 0 Å². The molecule has 0 aliphatic carbocycles. The van der Waals surface area contributed by atoms with Gasteiger partial charge in [-0.15, -0.1) is 0 Å². The second-order valence-corrected chi connectivity index (χ2v) is 8.75. The molecule has 0 amide bonds. The largest absolute Gasteiger partial charge is 0.410 e. The normalized spacial score (nSPS) is 17.6. The molecule has 178 valence electrons. The van der Waals surface area contributed by atoms with Crippen molar-refractivity contribution in [3.05, 3.63) is 119 Å². The molecule has 0 spiro atoms. The summed E-state index contributed by atoms with van der Waals surface area (Å²) in [5, 5.41) is 7.20. The first-order valence-electron chi connectivity index (χ1n) is 11.5. The standard InChI is InChI=1S/C28H24F3N3O/c29-28(30,31)26-17-24(21-14-8-3-9-15-21)33-27-23(18-32-34(26)27)25(35)16-22(19-10-4-1-5-11-19)20-12-6-2-7-13-20/h1-15,18,22,24,26,33H,16-17H2. The van der Waals surface area contributed by atoms with Crippen molar-refractivity contribution in [2.45, 2.75) is 37.0 Å². The Kier molecular flexibility index (Phi) is 6.16. The molecule has 4 aromatic rings. The molecule has 0 saturated heterocycles. The van der Waals surface area contributed by atoms with Gasteiger partial charge in [0.2, 0.25) is 0 Å². The molecule has 1 aliphatic rings. The van der Waals surface area contributed by atoms with Crippen molar-refractivity contribution < 1.29 is 18.0 Å². The highest BCUT2D eigenvalue weighted by atomic mass is 19.4. The number of halogens is 3. The van der Waals surface area contributed by atoms with Crippen LogP contribution in [0.1, 0.15) is 57.9 Å². The predicted molar refractivity (Wildman–Crippen MR) is 128 cm³/mol. The van der Waals surface area contributed by atoms with Gasteiger partial charge in [0.25, 0.3) is 0 Å². The van der Waals surface area contributed by atoms with Crippen LogP contribution in [0.15, 0.2) is 97.2 Å². The van der Waals surface area contributed by atoms with Crippen LogP contribution in [0.2, 0.25) is 0 Å². The fourth-order valence-corrected chi connectivity index (χ4v) is 4.76. The van der Waals surface area contributed by atoms with E-state index in [0.717, 1.165) is 21.4 Å². The van der Waals surface area contributed by atoms with Crippen LogP contribution in [0.25, 0.3) is 0 Å². The summed E-state index contributed by atoms with van der Waals surface area (Å²) in [5.41, 5.74) is 2.85. The summed E-state index contributed by atoms with van der Waals surface area (Å²) in [6.07, 6.45) is -3.32. The Morgan fingerprint density at radius 1 is 0.914 bits per heavy atom. The first-order valence-corrected chi connectivity index (χ1v) is 11.5. The fourth-order valence-electron chi connectivity index (χ4n) is 4.76. The number of carbonyl (C=O) groups excluding carboxylic acids is 1. The van der Waals surface area contributed by atoms with Crippen molar-refractivity contribution in [3.63, 3.8) is 0 Å². The van der Waals surface area contributed by atoms with Crippen molar-refractivity contribution in [1.29, 1.82) is 0 Å². The number of carbonyl (C=O) groups is 1. The van der Waals surface area contributed by atoms with E-state index < -0.39 is 18.3 Å². The lowest BCUT2D eigenvalue weighted by molar-refractivity contribution is -0.173. The van der Waals surface area contributed by atoms with Crippen molar-refractivity contribution in [1.82, 2.24) is 9.78 Å². The summed E-state index contributed by atoms with van der Waals surface area (Å²) < 4.78 is 42.9. The van der Waals surface area contributed by atoms with Crippen LogP contribution < -0.4 is 5.32 Å². The predicted octanol–water partition coefficient (Wildman–Crippen LogP) is 6.95. The van der Waals surface area contributed by atoms with Crippen LogP contribution in [-0.4, -0.2) is 21.7 Å². The summed E-state index contributed by atoms with van der Waals surface area (Å²) in [6.45, 7) is 0. The number of fused-ring (bicyclic) bond motifs is 1. The molecular formula is C28H24F3N3O. The molecule has 1 aromatic heterocycles. The average molecular weight is 476 g/mol. The zero-order valence-electron chi connectivity index (χ0n) is 18.8. The van der Waals surface area contributed by atoms with E-state index in [0.29, 0.717) is 0 Å². The molecule has 5 rings (SSSR count). The number of benzene rings is 3. The molecule has 2 heterocycles. The van der Waals surface area contributed by atoms with Gasteiger partial charge in [0.15, 0.2) is 11.8 Å². The molecule has 4 nitrogen and oxygen atoms in total. The minimum Gasteiger partial charge on any atom is -0.363 e. The monoisotopic (exact) mass is 475 g/mol. The van der Waals surface area contributed by atoms with E-state index in [1.807, 2.05) is 66.7 Å². The van der Waals surface area contributed by atoms with Crippen LogP contribution >= 0.6 is 0 Å². The zero-order valence-corrected chi connectivity index (χ0v) is 18.8. The van der Waals surface area contributed by atoms with Crippen LogP contribution in [0.4, 0.5) is 19.0 Å². The van der Waals surface area contributed by atoms with E-state index in [9.17, 15) is 18.0 Å². The Bertz CT molecular complexity index is 1250. The number of alkyl halides is 3. The molecule has 0 bridgehead atoms. The Balaban J connectivity index is 1.50. The Labute approximate surface area is 201 Å². The molecule has 1 aliphatic heterocycles. The molecule has 35 heavy (non-hydrogen) atoms. The Hall–Kier alpha value is -3.87. The molecule has 0 saturated carbocycles. The van der Waals surface area contributed by atoms with Gasteiger partial charge in [0.1, 0.15) is 5.82 Å². The van der Waals surface area contributed by atoms with E-state index in [4.69, 9.17) is 0 Å². The second-order valence-electron chi connectivity index (χ2n) is 8.75. The Morgan fingerprint density at radius 3 is 2.00 bits per heavy atom. The van der Waals surface area contributed by atoms with Crippen LogP contribution in [0, 0.1) is 0 Å². The van der Waals surface area contributed by atoms with E-state index in [2.05, 4.69) is 10.4 Å². The fraction of sp³-hybridized carbons (Fsp3) is 0.214. The lowest BCUT2D eigenvalue weighted by Crippen LogP contribution is -2.36. The van der Waals surface area contributed by atoms with Crippen LogP contribution in [0.5, 0.6) is 0 Å². The number of anilines is 1. The van der Waals surface area contributed by atoms with Gasteiger partial charge >= 0.3 is 6.18 Å². The number of nitrogens with one attached hydrogen (secondary N) is 1. The lowest BCUT2D eigenvalue weighted by Gasteiger charge is -2.34. The van der Waals surface area contributed by atoms with Gasteiger partial charge in [0, 0.05) is 18.8 Å². The summed E-state index contributed by atoms with van der Waals surface area (Å²) in [7, 11) is 0. The molecular weight excluding hydrogens is 451 g/mol. The van der Waals surface area contributed by atoms with Crippen molar-refractivity contribution in [2.75, 3.05) is 5.32 Å². The highest BCUT2D eigenvalue weighted by molar-refractivity contribution is 6.01. The molecule has 0 fully saturated rings. The molecule has 3 aromatic carbocycles. The Morgan fingerprint density at radius 2 is 1.46 bits per heavy atom. The van der Waals surface area contributed by atoms with Gasteiger partial charge in [-0.25, -0.2) is 4.68 Å². The zero-order chi connectivity index (χ0) is 24.4. The minimum atomic E-state index is -4.49. The van der Waals surface area contributed by atoms with Gasteiger partial charge < -0.3 is 5.32 Å². The van der Waals surface area contributed by atoms with Gasteiger partial charge in [0.05, 0.1) is 17.8 Å². The lowest BCUT2D eigenvalue weighted by atomic mass is 9.86. The molecule has 2 atom stereocenters. The average Bonchev–Trinajstić information content (AvgIpc) is 3.32. The summed E-state index contributed by atoms with van der Waals surface area (Å²) in [5.74, 6) is -0.365. The van der Waals surface area contributed by atoms with Crippen LogP contribution in [-0.2, 0) is 0 Å². The molecule has 2 unspecified atom stereocenters. The SMILES string of the molecule is O=C(CC(c1ccccc1)c1ccccc1)c1cnn2c1NC(c1ccccc1)CC2C(F)(F)F. The van der Waals surface area contributed by atoms with Gasteiger partial charge in [-0.1, -0.05) is 91.0 Å². The number of hydrogen-bond donors (Lipinski definition) is 1. The van der Waals surface area contributed by atoms with Crippen LogP contribution in [0.3, 0.4) is 0 Å². The quantitative estimate of drug-likeness (QED) is 0.307. The van der Waals surface area contributed by atoms with Gasteiger partial charge in [-0.3, -0.25) is 4.79 Å². The number of Topliss-reactive ketones (excluding diaryl/α,β-unsaturated/α-hetero) is 1. The van der Waals surface area contributed by atoms with Gasteiger partial charge in [-0.2, -0.15) is 18.3 Å². The van der Waals surface area contributed by atoms with Crippen molar-refractivity contribution in [3.8, 4) is 0 Å². The highest BCUT2D eigenvalue weighted by Crippen LogP contribution is 2.44. The third kappa shape index (κ3) is 4.71. The number of aromatic nitrogens is 2. The maximum Gasteiger partial charge on any atom is 0.410 e. The minimum absolute atomic E-state index is 0.112. The topological polar surface area (TPSA) is 46.9 Å². The first-order chi connectivity index (χ1) is 16.9. The smallest absolute Gasteiger partial charge is 0.363 e. The summed E-state index contributed by atoms with van der Waals surface area (Å²) in [6, 6.07) is 25.9. The number of ketones is 1. The number of hydrogen-bond acceptors (Lipinski definition) is 3. The van der Waals surface area contributed by atoms with Gasteiger partial charge in [-0.05, 0) is 16.7 Å². The highest BCUT2D eigenvalue weighted by Gasteiger charge is 2.47. The second kappa shape index (κ2) is 9.41. The third-order valence-electron chi connectivity index (χ3n) is 6.53. The molecule has 0 radical (unpaired) electrons. The van der Waals surface area contributed by atoms with E-state index in [1.54, 1.807) is 24.3 Å². The maximum atomic E-state index is 14.0. The first kappa shape index (κ1) is 22.9. The molecule has 7 heteroatoms. The maximum absolute atomic E-state index is 14.0. The third-order valence-corrected chi connectivity index (χ3v) is 6.53.